The molecule has 0 aromatic rings. The van der Waals surface area contributed by atoms with E-state index in [0.29, 0.717) is 6.54 Å². The number of nitrogens with one attached hydrogen (secondary N) is 2. The second-order valence-corrected chi connectivity index (χ2v) is 4.78. The minimum atomic E-state index is -0.430. The number of hydrogen-bond donors (Lipinski definition) is 3. The van der Waals surface area contributed by atoms with Crippen molar-refractivity contribution in [3.63, 3.8) is 0 Å². The molecule has 4 N–H and O–H groups in total. The molecule has 2 fully saturated rings. The average Bonchev–Trinajstić information content (AvgIpc) is 2.77. The van der Waals surface area contributed by atoms with E-state index in [9.17, 15) is 9.59 Å². The first-order valence-electron chi connectivity index (χ1n) is 6.22. The highest BCUT2D eigenvalue weighted by Crippen LogP contribution is 2.28. The van der Waals surface area contributed by atoms with E-state index < -0.39 is 6.04 Å². The van der Waals surface area contributed by atoms with Crippen molar-refractivity contribution in [2.24, 2.45) is 11.8 Å². The smallest absolute Gasteiger partial charge is 0.253 e. The summed E-state index contributed by atoms with van der Waals surface area (Å²) in [5.74, 6) is 5.02. The van der Waals surface area contributed by atoms with Gasteiger partial charge in [-0.2, -0.15) is 0 Å². The van der Waals surface area contributed by atoms with Crippen LogP contribution >= 0.6 is 0 Å². The van der Waals surface area contributed by atoms with Gasteiger partial charge in [-0.15, -0.1) is 0 Å². The summed E-state index contributed by atoms with van der Waals surface area (Å²) in [4.78, 5) is 25.5. The number of hydrazine groups is 1. The van der Waals surface area contributed by atoms with Gasteiger partial charge in [-0.25, -0.2) is 5.84 Å². The number of carbonyl (C=O) groups excluding carboxylic acids is 2. The average molecular weight is 256 g/mol. The molecule has 0 saturated carbocycles. The van der Waals surface area contributed by atoms with E-state index >= 15 is 0 Å². The number of nitrogens with two attached hydrogens (primary N) is 1. The number of carbonyl (C=O) groups is 2. The molecule has 2 heterocycles. The minimum absolute atomic E-state index is 0.0105. The third-order valence-electron chi connectivity index (χ3n) is 3.81. The number of nitrogens with zero attached hydrogens (tertiary/aromatic N) is 1. The molecule has 3 unspecified atom stereocenters. The van der Waals surface area contributed by atoms with Crippen molar-refractivity contribution in [1.82, 2.24) is 15.6 Å². The fourth-order valence-corrected chi connectivity index (χ4v) is 2.95. The molecule has 0 aliphatic carbocycles. The van der Waals surface area contributed by atoms with Crippen molar-refractivity contribution in [2.45, 2.75) is 24.9 Å². The van der Waals surface area contributed by atoms with Gasteiger partial charge in [0.25, 0.3) is 5.91 Å². The second kappa shape index (κ2) is 5.64. The van der Waals surface area contributed by atoms with E-state index in [1.165, 1.54) is 0 Å². The van der Waals surface area contributed by atoms with Crippen molar-refractivity contribution in [1.29, 1.82) is 0 Å². The number of ether oxygens (including phenoxy) is 1. The molecule has 0 bridgehead atoms. The van der Waals surface area contributed by atoms with Gasteiger partial charge in [0.2, 0.25) is 5.91 Å². The zero-order valence-electron chi connectivity index (χ0n) is 10.5. The molecule has 18 heavy (non-hydrogen) atoms. The zero-order chi connectivity index (χ0) is 13.1. The largest absolute Gasteiger partial charge is 0.383 e. The van der Waals surface area contributed by atoms with Crippen LogP contribution in [0.25, 0.3) is 0 Å². The lowest BCUT2D eigenvalue weighted by Crippen LogP contribution is -2.58. The fourth-order valence-electron chi connectivity index (χ4n) is 2.95. The predicted molar refractivity (Wildman–Crippen MR) is 64.2 cm³/mol. The molecule has 2 saturated heterocycles. The van der Waals surface area contributed by atoms with Gasteiger partial charge >= 0.3 is 0 Å². The summed E-state index contributed by atoms with van der Waals surface area (Å²) < 4.78 is 5.09. The number of methoxy groups -OCH3 is 1. The van der Waals surface area contributed by atoms with Crippen molar-refractivity contribution >= 4 is 11.8 Å². The molecule has 3 atom stereocenters. The van der Waals surface area contributed by atoms with Crippen LogP contribution in [-0.4, -0.2) is 55.6 Å². The van der Waals surface area contributed by atoms with E-state index in [-0.39, 0.29) is 30.4 Å². The Morgan fingerprint density at radius 3 is 3.17 bits per heavy atom. The molecule has 2 amide bonds. The maximum atomic E-state index is 11.8. The Labute approximate surface area is 106 Å². The second-order valence-electron chi connectivity index (χ2n) is 4.78. The number of hydrogen-bond acceptors (Lipinski definition) is 5. The lowest BCUT2D eigenvalue weighted by Gasteiger charge is -2.40. The number of rotatable bonds is 4. The van der Waals surface area contributed by atoms with Crippen LogP contribution in [0.1, 0.15) is 12.8 Å². The van der Waals surface area contributed by atoms with Crippen molar-refractivity contribution in [3.8, 4) is 0 Å². The van der Waals surface area contributed by atoms with Crippen molar-refractivity contribution in [3.05, 3.63) is 0 Å². The molecule has 2 aliphatic rings. The molecular weight excluding hydrogens is 236 g/mol. The maximum Gasteiger partial charge on any atom is 0.253 e. The molecule has 0 aromatic heterocycles. The normalized spacial score (nSPS) is 29.6. The first-order valence-corrected chi connectivity index (χ1v) is 6.22. The SMILES string of the molecule is COCC(C(=O)NN)N1CCCC2C(=O)NCC21. The lowest BCUT2D eigenvalue weighted by molar-refractivity contribution is -0.133. The van der Waals surface area contributed by atoms with Gasteiger partial charge in [-0.05, 0) is 19.4 Å². The Kier molecular flexibility index (Phi) is 4.15. The van der Waals surface area contributed by atoms with Crippen LogP contribution in [0.2, 0.25) is 0 Å². The number of piperidine rings is 1. The van der Waals surface area contributed by atoms with Gasteiger partial charge in [0.05, 0.1) is 12.5 Å². The van der Waals surface area contributed by atoms with Crippen LogP contribution in [0.5, 0.6) is 0 Å². The van der Waals surface area contributed by atoms with Crippen LogP contribution in [0.15, 0.2) is 0 Å². The molecule has 102 valence electrons. The van der Waals surface area contributed by atoms with E-state index in [4.69, 9.17) is 10.6 Å². The van der Waals surface area contributed by atoms with Crippen LogP contribution in [0.3, 0.4) is 0 Å². The molecule has 0 radical (unpaired) electrons. The molecule has 7 heteroatoms. The van der Waals surface area contributed by atoms with Crippen LogP contribution in [0.4, 0.5) is 0 Å². The number of likely N-dealkylation sites (tertiary alicyclic amines) is 1. The van der Waals surface area contributed by atoms with Crippen LogP contribution < -0.4 is 16.6 Å². The summed E-state index contributed by atoms with van der Waals surface area (Å²) >= 11 is 0. The van der Waals surface area contributed by atoms with Gasteiger partial charge in [-0.3, -0.25) is 19.9 Å². The number of amides is 2. The first kappa shape index (κ1) is 13.3. The summed E-state index contributed by atoms with van der Waals surface area (Å²) in [6.45, 7) is 1.67. The Hall–Kier alpha value is -1.18. The van der Waals surface area contributed by atoms with Gasteiger partial charge in [0.15, 0.2) is 0 Å². The predicted octanol–water partition coefficient (Wildman–Crippen LogP) is -1.80. The molecule has 2 rings (SSSR count). The van der Waals surface area contributed by atoms with Crippen LogP contribution in [-0.2, 0) is 14.3 Å². The highest BCUT2D eigenvalue weighted by molar-refractivity contribution is 5.83. The van der Waals surface area contributed by atoms with Gasteiger partial charge in [-0.1, -0.05) is 0 Å². The molecular formula is C11H20N4O3. The quantitative estimate of drug-likeness (QED) is 0.313. The molecule has 2 aliphatic heterocycles. The van der Waals surface area contributed by atoms with E-state index in [2.05, 4.69) is 10.7 Å². The topological polar surface area (TPSA) is 96.7 Å². The standard InChI is InChI=1S/C11H20N4O3/c1-18-6-9(11(17)14-12)15-4-2-3-7-8(15)5-13-10(7)16/h7-9H,2-6,12H2,1H3,(H,13,16)(H,14,17). The first-order chi connectivity index (χ1) is 8.69. The monoisotopic (exact) mass is 256 g/mol. The number of fused-ring (bicyclic) bond motifs is 1. The van der Waals surface area contributed by atoms with E-state index in [1.807, 2.05) is 4.90 Å². The van der Waals surface area contributed by atoms with E-state index in [1.54, 1.807) is 7.11 Å². The Bertz CT molecular complexity index is 336. The van der Waals surface area contributed by atoms with E-state index in [0.717, 1.165) is 19.4 Å². The van der Waals surface area contributed by atoms with Gasteiger partial charge < -0.3 is 10.1 Å². The van der Waals surface area contributed by atoms with Crippen LogP contribution in [0, 0.1) is 5.92 Å². The highest BCUT2D eigenvalue weighted by atomic mass is 16.5. The Morgan fingerprint density at radius 2 is 2.50 bits per heavy atom. The molecule has 7 nitrogen and oxygen atoms in total. The summed E-state index contributed by atoms with van der Waals surface area (Å²) in [5.41, 5.74) is 2.17. The van der Waals surface area contributed by atoms with Gasteiger partial charge in [0.1, 0.15) is 6.04 Å². The molecule has 0 aromatic carbocycles. The maximum absolute atomic E-state index is 11.8. The fraction of sp³-hybridized carbons (Fsp3) is 0.818. The summed E-state index contributed by atoms with van der Waals surface area (Å²) in [6.07, 6.45) is 1.80. The van der Waals surface area contributed by atoms with Gasteiger partial charge in [0, 0.05) is 19.7 Å². The lowest BCUT2D eigenvalue weighted by atomic mass is 9.90. The summed E-state index contributed by atoms with van der Waals surface area (Å²) in [5, 5.41) is 2.86. The third kappa shape index (κ3) is 2.33. The Balaban J connectivity index is 2.13. The highest BCUT2D eigenvalue weighted by Gasteiger charge is 2.44. The Morgan fingerprint density at radius 1 is 1.72 bits per heavy atom. The third-order valence-corrected chi connectivity index (χ3v) is 3.81. The zero-order valence-corrected chi connectivity index (χ0v) is 10.5. The van der Waals surface area contributed by atoms with Crippen molar-refractivity contribution < 1.29 is 14.3 Å². The summed E-state index contributed by atoms with van der Waals surface area (Å²) in [6, 6.07) is -0.357. The molecule has 0 spiro atoms. The minimum Gasteiger partial charge on any atom is -0.383 e. The van der Waals surface area contributed by atoms with Crippen molar-refractivity contribution in [2.75, 3.05) is 26.8 Å². The summed E-state index contributed by atoms with van der Waals surface area (Å²) in [7, 11) is 1.55.